The molecule has 0 saturated carbocycles. The van der Waals surface area contributed by atoms with Crippen molar-refractivity contribution in [3.63, 3.8) is 0 Å². The van der Waals surface area contributed by atoms with Gasteiger partial charge in [0.1, 0.15) is 0 Å². The van der Waals surface area contributed by atoms with Crippen LogP contribution in [0.15, 0.2) is 35.3 Å². The van der Waals surface area contributed by atoms with Gasteiger partial charge < -0.3 is 25.2 Å². The zero-order chi connectivity index (χ0) is 19.5. The van der Waals surface area contributed by atoms with E-state index in [-0.39, 0.29) is 30.1 Å². The standard InChI is InChI=1S/C20H33N5O2.HI/c1-4-27-20(26)25-15-11-17(12-16-25)23-19(21-2)22-13-8-14-24(3)18-9-6-5-7-10-18;/h5-7,9-10,17H,4,8,11-16H2,1-3H3,(H2,21,22,23);1H. The van der Waals surface area contributed by atoms with Crippen molar-refractivity contribution in [2.45, 2.75) is 32.2 Å². The van der Waals surface area contributed by atoms with Crippen LogP contribution in [-0.2, 0) is 4.74 Å². The number of rotatable bonds is 7. The molecule has 0 unspecified atom stereocenters. The van der Waals surface area contributed by atoms with Crippen LogP contribution in [0.2, 0.25) is 0 Å². The second-order valence-corrected chi connectivity index (χ2v) is 6.71. The normalized spacial score (nSPS) is 14.8. The predicted octanol–water partition coefficient (Wildman–Crippen LogP) is 2.92. The van der Waals surface area contributed by atoms with E-state index < -0.39 is 0 Å². The Morgan fingerprint density at radius 1 is 1.29 bits per heavy atom. The maximum absolute atomic E-state index is 11.8. The molecule has 0 spiro atoms. The molecule has 1 aromatic carbocycles. The van der Waals surface area contributed by atoms with E-state index in [1.807, 2.05) is 13.0 Å². The van der Waals surface area contributed by atoms with Crippen molar-refractivity contribution in [1.29, 1.82) is 0 Å². The molecule has 28 heavy (non-hydrogen) atoms. The van der Waals surface area contributed by atoms with Gasteiger partial charge in [-0.15, -0.1) is 24.0 Å². The molecule has 1 heterocycles. The van der Waals surface area contributed by atoms with E-state index in [1.54, 1.807) is 11.9 Å². The third-order valence-electron chi connectivity index (χ3n) is 4.75. The quantitative estimate of drug-likeness (QED) is 0.259. The molecule has 2 N–H and O–H groups in total. The fourth-order valence-electron chi connectivity index (χ4n) is 3.14. The average Bonchev–Trinajstić information content (AvgIpc) is 2.71. The minimum Gasteiger partial charge on any atom is -0.450 e. The van der Waals surface area contributed by atoms with E-state index in [0.29, 0.717) is 12.6 Å². The summed E-state index contributed by atoms with van der Waals surface area (Å²) in [6.07, 6.45) is 2.61. The second kappa shape index (κ2) is 13.5. The lowest BCUT2D eigenvalue weighted by Crippen LogP contribution is -2.50. The first kappa shape index (κ1) is 24.3. The summed E-state index contributed by atoms with van der Waals surface area (Å²) >= 11 is 0. The number of guanidine groups is 1. The van der Waals surface area contributed by atoms with Crippen LogP contribution < -0.4 is 15.5 Å². The first-order valence-electron chi connectivity index (χ1n) is 9.79. The smallest absolute Gasteiger partial charge is 0.409 e. The molecule has 1 saturated heterocycles. The number of halogens is 1. The fraction of sp³-hybridized carbons (Fsp3) is 0.600. The number of likely N-dealkylation sites (tertiary alicyclic amines) is 1. The summed E-state index contributed by atoms with van der Waals surface area (Å²) in [6, 6.07) is 10.7. The summed E-state index contributed by atoms with van der Waals surface area (Å²) in [4.78, 5) is 20.1. The molecule has 1 aliphatic heterocycles. The topological polar surface area (TPSA) is 69.2 Å². The molecule has 0 aromatic heterocycles. The van der Waals surface area contributed by atoms with Gasteiger partial charge in [-0.05, 0) is 38.3 Å². The number of nitrogens with zero attached hydrogens (tertiary/aromatic N) is 3. The number of carbonyl (C=O) groups excluding carboxylic acids is 1. The number of carbonyl (C=O) groups is 1. The van der Waals surface area contributed by atoms with Crippen molar-refractivity contribution in [2.24, 2.45) is 4.99 Å². The number of hydrogen-bond donors (Lipinski definition) is 2. The van der Waals surface area contributed by atoms with Gasteiger partial charge in [0, 0.05) is 52.0 Å². The van der Waals surface area contributed by atoms with Crippen LogP contribution in [0, 0.1) is 0 Å². The number of nitrogens with one attached hydrogen (secondary N) is 2. The van der Waals surface area contributed by atoms with Crippen molar-refractivity contribution < 1.29 is 9.53 Å². The summed E-state index contributed by atoms with van der Waals surface area (Å²) in [7, 11) is 3.90. The van der Waals surface area contributed by atoms with Crippen LogP contribution in [0.1, 0.15) is 26.2 Å². The van der Waals surface area contributed by atoms with Gasteiger partial charge in [0.05, 0.1) is 6.61 Å². The van der Waals surface area contributed by atoms with Crippen LogP contribution >= 0.6 is 24.0 Å². The number of piperidine rings is 1. The van der Waals surface area contributed by atoms with Crippen molar-refractivity contribution in [1.82, 2.24) is 15.5 Å². The summed E-state index contributed by atoms with van der Waals surface area (Å²) in [5.41, 5.74) is 1.23. The highest BCUT2D eigenvalue weighted by atomic mass is 127. The van der Waals surface area contributed by atoms with Gasteiger partial charge in [-0.3, -0.25) is 4.99 Å². The fourth-order valence-corrected chi connectivity index (χ4v) is 3.14. The molecular formula is C20H34IN5O2. The molecule has 1 aliphatic rings. The highest BCUT2D eigenvalue weighted by molar-refractivity contribution is 14.0. The van der Waals surface area contributed by atoms with Crippen molar-refractivity contribution in [3.05, 3.63) is 30.3 Å². The third kappa shape index (κ3) is 8.12. The molecule has 158 valence electrons. The number of benzene rings is 1. The van der Waals surface area contributed by atoms with Crippen molar-refractivity contribution in [3.8, 4) is 0 Å². The number of ether oxygens (including phenoxy) is 1. The number of hydrogen-bond acceptors (Lipinski definition) is 4. The highest BCUT2D eigenvalue weighted by Gasteiger charge is 2.23. The van der Waals surface area contributed by atoms with E-state index >= 15 is 0 Å². The van der Waals surface area contributed by atoms with Gasteiger partial charge in [-0.25, -0.2) is 4.79 Å². The molecule has 0 radical (unpaired) electrons. The van der Waals surface area contributed by atoms with E-state index in [9.17, 15) is 4.79 Å². The Bertz CT molecular complexity index is 592. The number of para-hydroxylation sites is 1. The first-order valence-corrected chi connectivity index (χ1v) is 9.79. The monoisotopic (exact) mass is 503 g/mol. The van der Waals surface area contributed by atoms with E-state index in [2.05, 4.69) is 51.8 Å². The van der Waals surface area contributed by atoms with Crippen LogP contribution in [0.5, 0.6) is 0 Å². The van der Waals surface area contributed by atoms with E-state index in [1.165, 1.54) is 5.69 Å². The Balaban J connectivity index is 0.00000392. The molecule has 0 bridgehead atoms. The Morgan fingerprint density at radius 2 is 1.96 bits per heavy atom. The van der Waals surface area contributed by atoms with Crippen molar-refractivity contribution in [2.75, 3.05) is 51.8 Å². The van der Waals surface area contributed by atoms with Gasteiger partial charge >= 0.3 is 6.09 Å². The lowest BCUT2D eigenvalue weighted by atomic mass is 10.1. The van der Waals surface area contributed by atoms with Gasteiger partial charge in [0.2, 0.25) is 0 Å². The lowest BCUT2D eigenvalue weighted by molar-refractivity contribution is 0.0963. The van der Waals surface area contributed by atoms with Gasteiger partial charge in [0.15, 0.2) is 5.96 Å². The minimum absolute atomic E-state index is 0. The third-order valence-corrected chi connectivity index (χ3v) is 4.75. The van der Waals surface area contributed by atoms with Crippen LogP contribution in [-0.4, -0.2) is 69.9 Å². The summed E-state index contributed by atoms with van der Waals surface area (Å²) < 4.78 is 5.06. The molecule has 1 aromatic rings. The van der Waals surface area contributed by atoms with Crippen LogP contribution in [0.4, 0.5) is 10.5 Å². The van der Waals surface area contributed by atoms with Gasteiger partial charge in [0.25, 0.3) is 0 Å². The van der Waals surface area contributed by atoms with Gasteiger partial charge in [-0.1, -0.05) is 18.2 Å². The highest BCUT2D eigenvalue weighted by Crippen LogP contribution is 2.12. The predicted molar refractivity (Wildman–Crippen MR) is 126 cm³/mol. The average molecular weight is 503 g/mol. The SMILES string of the molecule is CCOC(=O)N1CCC(NC(=NC)NCCCN(C)c2ccccc2)CC1.I. The van der Waals surface area contributed by atoms with Gasteiger partial charge in [-0.2, -0.15) is 0 Å². The molecule has 0 aliphatic carbocycles. The summed E-state index contributed by atoms with van der Waals surface area (Å²) in [6.45, 7) is 5.53. The maximum atomic E-state index is 11.8. The van der Waals surface area contributed by atoms with E-state index in [4.69, 9.17) is 4.74 Å². The summed E-state index contributed by atoms with van der Waals surface area (Å²) in [5.74, 6) is 0.826. The number of amides is 1. The Kier molecular flexibility index (Phi) is 11.7. The maximum Gasteiger partial charge on any atom is 0.409 e. The molecule has 7 nitrogen and oxygen atoms in total. The second-order valence-electron chi connectivity index (χ2n) is 6.71. The zero-order valence-corrected chi connectivity index (χ0v) is 19.5. The van der Waals surface area contributed by atoms with Crippen molar-refractivity contribution >= 4 is 41.7 Å². The largest absolute Gasteiger partial charge is 0.450 e. The molecular weight excluding hydrogens is 469 g/mol. The Morgan fingerprint density at radius 3 is 2.57 bits per heavy atom. The van der Waals surface area contributed by atoms with Crippen LogP contribution in [0.3, 0.4) is 0 Å². The summed E-state index contributed by atoms with van der Waals surface area (Å²) in [5, 5.41) is 6.85. The van der Waals surface area contributed by atoms with Crippen LogP contribution in [0.25, 0.3) is 0 Å². The Labute approximate surface area is 185 Å². The molecule has 8 heteroatoms. The minimum atomic E-state index is -0.207. The molecule has 1 fully saturated rings. The molecule has 0 atom stereocenters. The molecule has 2 rings (SSSR count). The number of anilines is 1. The first-order chi connectivity index (χ1) is 13.1. The Hall–Kier alpha value is -1.71. The number of aliphatic imine (C=N–C) groups is 1. The zero-order valence-electron chi connectivity index (χ0n) is 17.2. The molecule has 1 amide bonds. The van der Waals surface area contributed by atoms with E-state index in [0.717, 1.165) is 51.4 Å². The lowest BCUT2D eigenvalue weighted by Gasteiger charge is -2.32.